The number of nitrogens with one attached hydrogen (secondary N) is 1. The van der Waals surface area contributed by atoms with Gasteiger partial charge in [0.1, 0.15) is 16.6 Å². The Kier molecular flexibility index (Phi) is 5.89. The summed E-state index contributed by atoms with van der Waals surface area (Å²) >= 11 is 1.29. The van der Waals surface area contributed by atoms with E-state index >= 15 is 0 Å². The molecule has 0 saturated heterocycles. The third-order valence-corrected chi connectivity index (χ3v) is 5.04. The Morgan fingerprint density at radius 2 is 1.97 bits per heavy atom. The number of hydrogen-bond donors (Lipinski definition) is 1. The number of carbonyl (C=O) groups is 1. The molecule has 4 aromatic rings. The molecule has 0 unspecified atom stereocenters. The van der Waals surface area contributed by atoms with Crippen molar-refractivity contribution in [3.63, 3.8) is 0 Å². The molecular weight excluding hydrogens is 405 g/mol. The average molecular weight is 423 g/mol. The van der Waals surface area contributed by atoms with E-state index < -0.39 is 0 Å². The molecule has 7 nitrogen and oxygen atoms in total. The predicted molar refractivity (Wildman–Crippen MR) is 113 cm³/mol. The van der Waals surface area contributed by atoms with Crippen LogP contribution in [0.5, 0.6) is 5.75 Å². The number of thioether (sulfide) groups is 1. The van der Waals surface area contributed by atoms with Gasteiger partial charge in [-0.2, -0.15) is 9.61 Å². The van der Waals surface area contributed by atoms with Crippen LogP contribution in [0.15, 0.2) is 65.7 Å². The molecule has 0 aliphatic carbocycles. The lowest BCUT2D eigenvalue weighted by Crippen LogP contribution is -2.14. The third kappa shape index (κ3) is 4.57. The van der Waals surface area contributed by atoms with Crippen molar-refractivity contribution in [2.24, 2.45) is 0 Å². The summed E-state index contributed by atoms with van der Waals surface area (Å²) in [6, 6.07) is 16.8. The van der Waals surface area contributed by atoms with Crippen LogP contribution in [0.4, 0.5) is 10.1 Å². The van der Waals surface area contributed by atoms with E-state index in [9.17, 15) is 9.18 Å². The Morgan fingerprint density at radius 1 is 1.13 bits per heavy atom. The lowest BCUT2D eigenvalue weighted by Gasteiger charge is -2.07. The number of rotatable bonds is 7. The molecule has 0 atom stereocenters. The molecule has 2 heterocycles. The Hall–Kier alpha value is -3.46. The molecule has 0 aliphatic heterocycles. The van der Waals surface area contributed by atoms with Crippen molar-refractivity contribution < 1.29 is 13.9 Å². The molecule has 0 aliphatic rings. The van der Waals surface area contributed by atoms with Crippen LogP contribution in [0.3, 0.4) is 0 Å². The van der Waals surface area contributed by atoms with Gasteiger partial charge >= 0.3 is 0 Å². The van der Waals surface area contributed by atoms with E-state index in [2.05, 4.69) is 20.6 Å². The van der Waals surface area contributed by atoms with Gasteiger partial charge in [-0.1, -0.05) is 23.9 Å². The van der Waals surface area contributed by atoms with Crippen LogP contribution >= 0.6 is 11.8 Å². The summed E-state index contributed by atoms with van der Waals surface area (Å²) in [4.78, 5) is 12.3. The fourth-order valence-electron chi connectivity index (χ4n) is 2.79. The van der Waals surface area contributed by atoms with Gasteiger partial charge in [0.05, 0.1) is 12.4 Å². The molecule has 1 amide bonds. The number of hydrogen-bond acceptors (Lipinski definition) is 6. The minimum Gasteiger partial charge on any atom is -0.494 e. The van der Waals surface area contributed by atoms with E-state index in [1.54, 1.807) is 40.9 Å². The van der Waals surface area contributed by atoms with Crippen LogP contribution in [0.2, 0.25) is 0 Å². The molecule has 0 radical (unpaired) electrons. The van der Waals surface area contributed by atoms with Gasteiger partial charge in [-0.05, 0) is 55.5 Å². The van der Waals surface area contributed by atoms with E-state index in [1.165, 1.54) is 23.9 Å². The zero-order valence-electron chi connectivity index (χ0n) is 16.1. The van der Waals surface area contributed by atoms with Crippen LogP contribution in [-0.4, -0.2) is 38.1 Å². The number of benzene rings is 2. The number of anilines is 1. The standard InChI is InChI=1S/C21H18FN5O2S/c1-2-29-17-8-6-16(7-9-17)23-19(28)13-30-20-11-10-18-24-25-21(27(18)26-20)14-4-3-5-15(22)12-14/h3-12H,2,13H2,1H3,(H,23,28). The largest absolute Gasteiger partial charge is 0.494 e. The molecule has 0 spiro atoms. The topological polar surface area (TPSA) is 81.4 Å². The van der Waals surface area contributed by atoms with E-state index in [0.717, 1.165) is 5.75 Å². The number of halogens is 1. The van der Waals surface area contributed by atoms with Gasteiger partial charge in [-0.3, -0.25) is 4.79 Å². The second-order valence-corrected chi connectivity index (χ2v) is 7.27. The lowest BCUT2D eigenvalue weighted by molar-refractivity contribution is -0.113. The summed E-state index contributed by atoms with van der Waals surface area (Å²) in [5.41, 5.74) is 1.81. The van der Waals surface area contributed by atoms with Crippen LogP contribution < -0.4 is 10.1 Å². The van der Waals surface area contributed by atoms with E-state index in [-0.39, 0.29) is 17.5 Å². The van der Waals surface area contributed by atoms with Crippen LogP contribution in [0.25, 0.3) is 17.0 Å². The van der Waals surface area contributed by atoms with Crippen molar-refractivity contribution in [1.82, 2.24) is 19.8 Å². The first kappa shape index (κ1) is 19.8. The van der Waals surface area contributed by atoms with E-state index in [4.69, 9.17) is 4.74 Å². The van der Waals surface area contributed by atoms with Gasteiger partial charge < -0.3 is 10.1 Å². The smallest absolute Gasteiger partial charge is 0.234 e. The fourth-order valence-corrected chi connectivity index (χ4v) is 3.45. The number of aromatic nitrogens is 4. The van der Waals surface area contributed by atoms with Gasteiger partial charge in [0, 0.05) is 11.3 Å². The highest BCUT2D eigenvalue weighted by Gasteiger charge is 2.12. The first-order chi connectivity index (χ1) is 14.6. The highest BCUT2D eigenvalue weighted by Crippen LogP contribution is 2.22. The Balaban J connectivity index is 1.43. The summed E-state index contributed by atoms with van der Waals surface area (Å²) in [7, 11) is 0. The van der Waals surface area contributed by atoms with Crippen molar-refractivity contribution >= 4 is 29.0 Å². The van der Waals surface area contributed by atoms with Crippen LogP contribution in [0.1, 0.15) is 6.92 Å². The van der Waals surface area contributed by atoms with Crippen molar-refractivity contribution in [3.05, 3.63) is 66.5 Å². The number of carbonyl (C=O) groups excluding carboxylic acids is 1. The summed E-state index contributed by atoms with van der Waals surface area (Å²) < 4.78 is 20.5. The molecule has 0 saturated carbocycles. The lowest BCUT2D eigenvalue weighted by atomic mass is 10.2. The van der Waals surface area contributed by atoms with E-state index in [1.807, 2.05) is 19.1 Å². The molecule has 30 heavy (non-hydrogen) atoms. The third-order valence-electron chi connectivity index (χ3n) is 4.12. The maximum atomic E-state index is 13.6. The highest BCUT2D eigenvalue weighted by atomic mass is 32.2. The summed E-state index contributed by atoms with van der Waals surface area (Å²) in [5, 5.41) is 16.1. The molecule has 2 aromatic heterocycles. The molecule has 152 valence electrons. The molecule has 2 aromatic carbocycles. The van der Waals surface area contributed by atoms with Crippen LogP contribution in [-0.2, 0) is 4.79 Å². The fraction of sp³-hybridized carbons (Fsp3) is 0.143. The van der Waals surface area contributed by atoms with Crippen molar-refractivity contribution in [3.8, 4) is 17.1 Å². The number of amides is 1. The summed E-state index contributed by atoms with van der Waals surface area (Å²) in [5.74, 6) is 0.862. The zero-order valence-corrected chi connectivity index (χ0v) is 16.9. The quantitative estimate of drug-likeness (QED) is 0.452. The molecule has 1 N–H and O–H groups in total. The molecule has 0 bridgehead atoms. The minimum absolute atomic E-state index is 0.153. The van der Waals surface area contributed by atoms with Gasteiger partial charge in [-0.15, -0.1) is 10.2 Å². The molecular formula is C21H18FN5O2S. The van der Waals surface area contributed by atoms with Crippen molar-refractivity contribution in [2.75, 3.05) is 17.7 Å². The summed E-state index contributed by atoms with van der Waals surface area (Å²) in [6.07, 6.45) is 0. The normalized spacial score (nSPS) is 10.9. The van der Waals surface area contributed by atoms with Crippen molar-refractivity contribution in [2.45, 2.75) is 11.9 Å². The monoisotopic (exact) mass is 423 g/mol. The van der Waals surface area contributed by atoms with Crippen molar-refractivity contribution in [1.29, 1.82) is 0 Å². The maximum Gasteiger partial charge on any atom is 0.234 e. The van der Waals surface area contributed by atoms with E-state index in [0.29, 0.717) is 34.4 Å². The second kappa shape index (κ2) is 8.91. The Morgan fingerprint density at radius 3 is 2.73 bits per heavy atom. The number of ether oxygens (including phenoxy) is 1. The summed E-state index contributed by atoms with van der Waals surface area (Å²) in [6.45, 7) is 2.51. The van der Waals surface area contributed by atoms with Gasteiger partial charge in [0.15, 0.2) is 11.5 Å². The van der Waals surface area contributed by atoms with Crippen LogP contribution in [0, 0.1) is 5.82 Å². The Bertz CT molecular complexity index is 1180. The predicted octanol–water partition coefficient (Wildman–Crippen LogP) is 4.06. The first-order valence-corrected chi connectivity index (χ1v) is 10.2. The molecule has 0 fully saturated rings. The average Bonchev–Trinajstić information content (AvgIpc) is 3.17. The Labute approximate surface area is 176 Å². The zero-order chi connectivity index (χ0) is 20.9. The van der Waals surface area contributed by atoms with Gasteiger partial charge in [-0.25, -0.2) is 4.39 Å². The number of fused-ring (bicyclic) bond motifs is 1. The SMILES string of the molecule is CCOc1ccc(NC(=O)CSc2ccc3nnc(-c4cccc(F)c4)n3n2)cc1. The number of nitrogens with zero attached hydrogens (tertiary/aromatic N) is 4. The molecule has 9 heteroatoms. The first-order valence-electron chi connectivity index (χ1n) is 9.26. The molecule has 4 rings (SSSR count). The second-order valence-electron chi connectivity index (χ2n) is 6.27. The maximum absolute atomic E-state index is 13.6. The highest BCUT2D eigenvalue weighted by molar-refractivity contribution is 7.99. The van der Waals surface area contributed by atoms with Gasteiger partial charge in [0.25, 0.3) is 0 Å². The van der Waals surface area contributed by atoms with Gasteiger partial charge in [0.2, 0.25) is 5.91 Å². The minimum atomic E-state index is -0.360.